The van der Waals surface area contributed by atoms with Crippen LogP contribution < -0.4 is 5.73 Å². The molecule has 1 aromatic carbocycles. The van der Waals surface area contributed by atoms with E-state index in [4.69, 9.17) is 5.73 Å². The number of hydrogen-bond donors (Lipinski definition) is 1. The Morgan fingerprint density at radius 1 is 1.13 bits per heavy atom. The van der Waals surface area contributed by atoms with Gasteiger partial charge in [0.05, 0.1) is 4.90 Å². The Labute approximate surface area is 101 Å². The van der Waals surface area contributed by atoms with Crippen LogP contribution in [0.15, 0.2) is 56.9 Å². The van der Waals surface area contributed by atoms with Crippen molar-refractivity contribution in [1.29, 1.82) is 0 Å². The van der Waals surface area contributed by atoms with Crippen molar-refractivity contribution in [2.24, 2.45) is 0 Å². The van der Waals surface area contributed by atoms with E-state index in [0.717, 1.165) is 14.3 Å². The van der Waals surface area contributed by atoms with Crippen LogP contribution in [0.1, 0.15) is 0 Å². The summed E-state index contributed by atoms with van der Waals surface area (Å²) in [6, 6.07) is 12.0. The number of pyridine rings is 1. The summed E-state index contributed by atoms with van der Waals surface area (Å²) < 4.78 is 0.976. The third kappa shape index (κ3) is 2.52. The van der Waals surface area contributed by atoms with Crippen molar-refractivity contribution in [2.75, 3.05) is 5.73 Å². The van der Waals surface area contributed by atoms with Crippen molar-refractivity contribution in [3.05, 3.63) is 47.1 Å². The van der Waals surface area contributed by atoms with E-state index in [0.29, 0.717) is 5.82 Å². The lowest BCUT2D eigenvalue weighted by molar-refractivity contribution is 1.22. The van der Waals surface area contributed by atoms with Gasteiger partial charge in [0.2, 0.25) is 0 Å². The molecule has 2 aromatic rings. The average molecular weight is 281 g/mol. The summed E-state index contributed by atoms with van der Waals surface area (Å²) in [5.41, 5.74) is 5.81. The van der Waals surface area contributed by atoms with Gasteiger partial charge in [-0.15, -0.1) is 0 Å². The number of anilines is 1. The first kappa shape index (κ1) is 10.5. The second kappa shape index (κ2) is 4.68. The molecule has 2 rings (SSSR count). The van der Waals surface area contributed by atoms with Gasteiger partial charge in [-0.1, -0.05) is 30.0 Å². The molecule has 0 aliphatic heterocycles. The summed E-state index contributed by atoms with van der Waals surface area (Å²) in [4.78, 5) is 6.18. The molecule has 2 N–H and O–H groups in total. The molecule has 2 nitrogen and oxygen atoms in total. The maximum absolute atomic E-state index is 5.81. The van der Waals surface area contributed by atoms with E-state index < -0.39 is 0 Å². The number of rotatable bonds is 2. The highest BCUT2D eigenvalue weighted by molar-refractivity contribution is 9.10. The van der Waals surface area contributed by atoms with Gasteiger partial charge in [0.25, 0.3) is 0 Å². The van der Waals surface area contributed by atoms with Crippen LogP contribution in [0.4, 0.5) is 5.82 Å². The van der Waals surface area contributed by atoms with Gasteiger partial charge in [-0.05, 0) is 34.1 Å². The maximum atomic E-state index is 5.81. The highest BCUT2D eigenvalue weighted by Crippen LogP contribution is 2.36. The van der Waals surface area contributed by atoms with Crippen LogP contribution in [0, 0.1) is 0 Å². The molecule has 4 heteroatoms. The van der Waals surface area contributed by atoms with E-state index in [9.17, 15) is 0 Å². The number of aromatic nitrogens is 1. The molecule has 76 valence electrons. The van der Waals surface area contributed by atoms with Crippen LogP contribution in [-0.2, 0) is 0 Å². The summed E-state index contributed by atoms with van der Waals surface area (Å²) in [6.07, 6.45) is 1.69. The largest absolute Gasteiger partial charge is 0.383 e. The fourth-order valence-corrected chi connectivity index (χ4v) is 2.56. The molecule has 0 atom stereocenters. The van der Waals surface area contributed by atoms with E-state index in [2.05, 4.69) is 20.9 Å². The number of hydrogen-bond acceptors (Lipinski definition) is 3. The number of nitrogens with two attached hydrogens (primary N) is 1. The molecule has 0 radical (unpaired) electrons. The van der Waals surface area contributed by atoms with Crippen LogP contribution in [0.3, 0.4) is 0 Å². The number of benzene rings is 1. The minimum Gasteiger partial charge on any atom is -0.383 e. The monoisotopic (exact) mass is 280 g/mol. The smallest absolute Gasteiger partial charge is 0.138 e. The summed E-state index contributed by atoms with van der Waals surface area (Å²) in [5.74, 6) is 0.554. The number of halogens is 1. The third-order valence-corrected chi connectivity index (χ3v) is 3.91. The normalized spacial score (nSPS) is 10.2. The Hall–Kier alpha value is -1.00. The molecule has 0 spiro atoms. The van der Waals surface area contributed by atoms with Crippen LogP contribution in [0.2, 0.25) is 0 Å². The molecule has 0 unspecified atom stereocenters. The van der Waals surface area contributed by atoms with E-state index in [-0.39, 0.29) is 0 Å². The number of nitrogens with zero attached hydrogens (tertiary/aromatic N) is 1. The van der Waals surface area contributed by atoms with Crippen LogP contribution in [0.5, 0.6) is 0 Å². The molecular weight excluding hydrogens is 272 g/mol. The zero-order chi connectivity index (χ0) is 10.7. The Kier molecular flexibility index (Phi) is 3.28. The van der Waals surface area contributed by atoms with Crippen molar-refractivity contribution in [3.63, 3.8) is 0 Å². The molecule has 1 heterocycles. The van der Waals surface area contributed by atoms with Crippen molar-refractivity contribution in [3.8, 4) is 0 Å². The van der Waals surface area contributed by atoms with Crippen LogP contribution >= 0.6 is 27.7 Å². The van der Waals surface area contributed by atoms with Crippen molar-refractivity contribution in [2.45, 2.75) is 9.79 Å². The maximum Gasteiger partial charge on any atom is 0.138 e. The summed E-state index contributed by atoms with van der Waals surface area (Å²) in [6.45, 7) is 0. The quantitative estimate of drug-likeness (QED) is 0.914. The highest BCUT2D eigenvalue weighted by Gasteiger charge is 2.06. The fraction of sp³-hybridized carbons (Fsp3) is 0. The van der Waals surface area contributed by atoms with E-state index >= 15 is 0 Å². The summed E-state index contributed by atoms with van der Waals surface area (Å²) in [7, 11) is 0. The summed E-state index contributed by atoms with van der Waals surface area (Å²) >= 11 is 5.07. The SMILES string of the molecule is Nc1nccc(Br)c1Sc1ccccc1. The lowest BCUT2D eigenvalue weighted by Gasteiger charge is -2.06. The van der Waals surface area contributed by atoms with Crippen molar-refractivity contribution < 1.29 is 0 Å². The van der Waals surface area contributed by atoms with E-state index in [1.54, 1.807) is 18.0 Å². The van der Waals surface area contributed by atoms with Gasteiger partial charge in [-0.2, -0.15) is 0 Å². The molecule has 0 saturated heterocycles. The van der Waals surface area contributed by atoms with Gasteiger partial charge in [0.1, 0.15) is 5.82 Å². The number of nitrogen functional groups attached to an aromatic ring is 1. The summed E-state index contributed by atoms with van der Waals surface area (Å²) in [5, 5.41) is 0. The van der Waals surface area contributed by atoms with Gasteiger partial charge in [-0.25, -0.2) is 4.98 Å². The molecule has 0 aliphatic rings. The van der Waals surface area contributed by atoms with Gasteiger partial charge >= 0.3 is 0 Å². The first-order valence-electron chi connectivity index (χ1n) is 4.40. The van der Waals surface area contributed by atoms with Crippen LogP contribution in [-0.4, -0.2) is 4.98 Å². The highest BCUT2D eigenvalue weighted by atomic mass is 79.9. The first-order valence-corrected chi connectivity index (χ1v) is 6.01. The van der Waals surface area contributed by atoms with Gasteiger partial charge in [-0.3, -0.25) is 0 Å². The second-order valence-corrected chi connectivity index (χ2v) is 4.86. The van der Waals surface area contributed by atoms with Gasteiger partial charge < -0.3 is 5.73 Å². The van der Waals surface area contributed by atoms with Crippen molar-refractivity contribution >= 4 is 33.5 Å². The average Bonchev–Trinajstić information content (AvgIpc) is 2.25. The Balaban J connectivity index is 2.32. The lowest BCUT2D eigenvalue weighted by Crippen LogP contribution is -1.92. The second-order valence-electron chi connectivity index (χ2n) is 2.92. The molecule has 0 saturated carbocycles. The predicted molar refractivity (Wildman–Crippen MR) is 66.9 cm³/mol. The van der Waals surface area contributed by atoms with Gasteiger partial charge in [0.15, 0.2) is 0 Å². The molecule has 15 heavy (non-hydrogen) atoms. The minimum absolute atomic E-state index is 0.554. The van der Waals surface area contributed by atoms with E-state index in [1.807, 2.05) is 36.4 Å². The molecule has 0 amide bonds. The molecule has 0 fully saturated rings. The molecular formula is C11H9BrN2S. The lowest BCUT2D eigenvalue weighted by atomic mass is 10.4. The molecule has 0 bridgehead atoms. The third-order valence-electron chi connectivity index (χ3n) is 1.85. The Bertz CT molecular complexity index is 439. The first-order chi connectivity index (χ1) is 7.27. The van der Waals surface area contributed by atoms with E-state index in [1.165, 1.54) is 0 Å². The van der Waals surface area contributed by atoms with Gasteiger partial charge in [0, 0.05) is 15.6 Å². The topological polar surface area (TPSA) is 38.9 Å². The Morgan fingerprint density at radius 3 is 2.53 bits per heavy atom. The fourth-order valence-electron chi connectivity index (χ4n) is 1.15. The standard InChI is InChI=1S/C11H9BrN2S/c12-9-6-7-14-11(13)10(9)15-8-4-2-1-3-5-8/h1-7H,(H2,13,14). The Morgan fingerprint density at radius 2 is 1.87 bits per heavy atom. The molecule has 0 aliphatic carbocycles. The van der Waals surface area contributed by atoms with Crippen molar-refractivity contribution in [1.82, 2.24) is 4.98 Å². The molecule has 1 aromatic heterocycles. The predicted octanol–water partition coefficient (Wildman–Crippen LogP) is 3.58. The zero-order valence-electron chi connectivity index (χ0n) is 7.85. The van der Waals surface area contributed by atoms with Crippen LogP contribution in [0.25, 0.3) is 0 Å². The zero-order valence-corrected chi connectivity index (χ0v) is 10.3. The minimum atomic E-state index is 0.554.